The maximum absolute atomic E-state index is 11.6. The van der Waals surface area contributed by atoms with Crippen LogP contribution in [0.2, 0.25) is 0 Å². The highest BCUT2D eigenvalue weighted by molar-refractivity contribution is 5.95. The SMILES string of the molecule is CC1(C)CC(=O)C=C([n+]2cccc(O)c2)C1.[Cl-]. The maximum atomic E-state index is 11.6. The number of ketones is 1. The molecule has 0 amide bonds. The van der Waals surface area contributed by atoms with Crippen LogP contribution in [0.1, 0.15) is 26.7 Å². The van der Waals surface area contributed by atoms with Gasteiger partial charge in [0.2, 0.25) is 6.20 Å². The van der Waals surface area contributed by atoms with Gasteiger partial charge < -0.3 is 17.5 Å². The first-order chi connectivity index (χ1) is 7.46. The Morgan fingerprint density at radius 3 is 2.65 bits per heavy atom. The minimum Gasteiger partial charge on any atom is -1.00 e. The number of carbonyl (C=O) groups excluding carboxylic acids is 1. The van der Waals surface area contributed by atoms with Gasteiger partial charge in [0.05, 0.1) is 0 Å². The van der Waals surface area contributed by atoms with Crippen molar-refractivity contribution in [3.05, 3.63) is 30.6 Å². The fourth-order valence-corrected chi connectivity index (χ4v) is 2.12. The van der Waals surface area contributed by atoms with Crippen molar-refractivity contribution in [3.8, 4) is 5.75 Å². The lowest BCUT2D eigenvalue weighted by Crippen LogP contribution is -3.00. The summed E-state index contributed by atoms with van der Waals surface area (Å²) in [5, 5.41) is 9.41. The molecule has 3 nitrogen and oxygen atoms in total. The second-order valence-electron chi connectivity index (χ2n) is 5.09. The molecule has 4 heteroatoms. The Bertz CT molecular complexity index is 466. The van der Waals surface area contributed by atoms with Crippen LogP contribution in [0.15, 0.2) is 30.6 Å². The smallest absolute Gasteiger partial charge is 0.216 e. The van der Waals surface area contributed by atoms with Crippen LogP contribution in [0, 0.1) is 5.41 Å². The van der Waals surface area contributed by atoms with E-state index in [9.17, 15) is 9.90 Å². The molecule has 1 heterocycles. The van der Waals surface area contributed by atoms with Gasteiger partial charge in [0, 0.05) is 25.0 Å². The molecular formula is C13H16ClNO2. The van der Waals surface area contributed by atoms with Crippen molar-refractivity contribution in [1.82, 2.24) is 0 Å². The van der Waals surface area contributed by atoms with Crippen molar-refractivity contribution in [3.63, 3.8) is 0 Å². The topological polar surface area (TPSA) is 41.2 Å². The summed E-state index contributed by atoms with van der Waals surface area (Å²) in [5.41, 5.74) is 0.941. The van der Waals surface area contributed by atoms with Gasteiger partial charge in [-0.15, -0.1) is 0 Å². The molecule has 0 bridgehead atoms. The van der Waals surface area contributed by atoms with E-state index in [2.05, 4.69) is 13.8 Å². The average Bonchev–Trinajstić information content (AvgIpc) is 2.14. The molecule has 0 saturated heterocycles. The molecule has 0 fully saturated rings. The summed E-state index contributed by atoms with van der Waals surface area (Å²) in [5.74, 6) is 0.362. The van der Waals surface area contributed by atoms with Gasteiger partial charge in [0.1, 0.15) is 0 Å². The number of rotatable bonds is 1. The van der Waals surface area contributed by atoms with Crippen LogP contribution in [0.4, 0.5) is 0 Å². The molecule has 0 saturated carbocycles. The van der Waals surface area contributed by atoms with Gasteiger partial charge in [0.15, 0.2) is 23.4 Å². The molecule has 92 valence electrons. The minimum absolute atomic E-state index is 0. The number of pyridine rings is 1. The summed E-state index contributed by atoms with van der Waals surface area (Å²) in [6.45, 7) is 4.17. The van der Waals surface area contributed by atoms with Crippen molar-refractivity contribution in [2.24, 2.45) is 5.41 Å². The second-order valence-corrected chi connectivity index (χ2v) is 5.09. The second kappa shape index (κ2) is 4.88. The van der Waals surface area contributed by atoms with Gasteiger partial charge in [-0.1, -0.05) is 13.8 Å². The fraction of sp³-hybridized carbons (Fsp3) is 0.385. The third-order valence-corrected chi connectivity index (χ3v) is 2.76. The minimum atomic E-state index is -0.000370. The van der Waals surface area contributed by atoms with Crippen LogP contribution in [0.5, 0.6) is 5.75 Å². The van der Waals surface area contributed by atoms with Crippen LogP contribution >= 0.6 is 0 Å². The Hall–Kier alpha value is -1.35. The lowest BCUT2D eigenvalue weighted by Gasteiger charge is -2.25. The Labute approximate surface area is 107 Å². The predicted molar refractivity (Wildman–Crippen MR) is 60.6 cm³/mol. The van der Waals surface area contributed by atoms with E-state index in [4.69, 9.17) is 0 Å². The van der Waals surface area contributed by atoms with Crippen molar-refractivity contribution in [2.45, 2.75) is 26.7 Å². The number of allylic oxidation sites excluding steroid dienone is 2. The number of nitrogens with zero attached hydrogens (tertiary/aromatic N) is 1. The van der Waals surface area contributed by atoms with Crippen LogP contribution < -0.4 is 17.0 Å². The molecular weight excluding hydrogens is 238 g/mol. The van der Waals surface area contributed by atoms with Gasteiger partial charge in [-0.2, -0.15) is 4.57 Å². The average molecular weight is 254 g/mol. The molecule has 1 N–H and O–H groups in total. The van der Waals surface area contributed by atoms with Crippen molar-refractivity contribution in [1.29, 1.82) is 0 Å². The zero-order valence-electron chi connectivity index (χ0n) is 9.98. The zero-order chi connectivity index (χ0) is 11.8. The van der Waals surface area contributed by atoms with E-state index in [1.807, 2.05) is 10.8 Å². The monoisotopic (exact) mass is 253 g/mol. The van der Waals surface area contributed by atoms with E-state index in [1.165, 1.54) is 0 Å². The first-order valence-electron chi connectivity index (χ1n) is 5.40. The van der Waals surface area contributed by atoms with Gasteiger partial charge in [-0.25, -0.2) is 0 Å². The van der Waals surface area contributed by atoms with Gasteiger partial charge in [-0.3, -0.25) is 4.79 Å². The number of hydrogen-bond donors (Lipinski definition) is 1. The molecule has 0 atom stereocenters. The third-order valence-electron chi connectivity index (χ3n) is 2.76. The molecule has 0 unspecified atom stereocenters. The van der Waals surface area contributed by atoms with Crippen LogP contribution in [-0.4, -0.2) is 10.9 Å². The van der Waals surface area contributed by atoms with E-state index < -0.39 is 0 Å². The summed E-state index contributed by atoms with van der Waals surface area (Å²) >= 11 is 0. The summed E-state index contributed by atoms with van der Waals surface area (Å²) in [4.78, 5) is 11.6. The predicted octanol–water partition coefficient (Wildman–Crippen LogP) is -1.09. The Morgan fingerprint density at radius 1 is 1.35 bits per heavy atom. The summed E-state index contributed by atoms with van der Waals surface area (Å²) in [7, 11) is 0. The molecule has 0 aliphatic heterocycles. The van der Waals surface area contributed by atoms with E-state index in [-0.39, 0.29) is 29.4 Å². The van der Waals surface area contributed by atoms with E-state index >= 15 is 0 Å². The molecule has 1 aliphatic carbocycles. The number of halogens is 1. The molecule has 0 radical (unpaired) electrons. The molecule has 0 aromatic carbocycles. The molecule has 0 spiro atoms. The van der Waals surface area contributed by atoms with E-state index in [1.54, 1.807) is 24.4 Å². The highest BCUT2D eigenvalue weighted by Crippen LogP contribution is 2.33. The Kier molecular flexibility index (Phi) is 3.94. The summed E-state index contributed by atoms with van der Waals surface area (Å²) < 4.78 is 1.81. The third kappa shape index (κ3) is 3.30. The summed E-state index contributed by atoms with van der Waals surface area (Å²) in [6, 6.07) is 3.38. The van der Waals surface area contributed by atoms with Gasteiger partial charge in [0.25, 0.3) is 0 Å². The lowest BCUT2D eigenvalue weighted by molar-refractivity contribution is -0.584. The highest BCUT2D eigenvalue weighted by atomic mass is 35.5. The normalized spacial score (nSPS) is 18.2. The highest BCUT2D eigenvalue weighted by Gasteiger charge is 2.31. The van der Waals surface area contributed by atoms with Gasteiger partial charge >= 0.3 is 0 Å². The number of aromatic nitrogens is 1. The molecule has 1 aliphatic rings. The molecule has 1 aromatic heterocycles. The number of carbonyl (C=O) groups is 1. The maximum Gasteiger partial charge on any atom is 0.216 e. The number of hydrogen-bond acceptors (Lipinski definition) is 2. The molecule has 2 rings (SSSR count). The van der Waals surface area contributed by atoms with Crippen LogP contribution in [0.3, 0.4) is 0 Å². The standard InChI is InChI=1S/C13H15NO2.ClH/c1-13(2)7-10(6-12(16)8-13)14-5-3-4-11(15)9-14;/h3-6,9H,7-8H2,1-2H3;1H. The van der Waals surface area contributed by atoms with Crippen LogP contribution in [0.25, 0.3) is 5.70 Å². The van der Waals surface area contributed by atoms with E-state index in [0.717, 1.165) is 12.1 Å². The fourth-order valence-electron chi connectivity index (χ4n) is 2.12. The van der Waals surface area contributed by atoms with E-state index in [0.29, 0.717) is 6.42 Å². The van der Waals surface area contributed by atoms with Crippen LogP contribution in [-0.2, 0) is 4.79 Å². The summed E-state index contributed by atoms with van der Waals surface area (Å²) in [6.07, 6.45) is 6.58. The van der Waals surface area contributed by atoms with Gasteiger partial charge in [-0.05, 0) is 11.5 Å². The first-order valence-corrected chi connectivity index (χ1v) is 5.40. The van der Waals surface area contributed by atoms with Crippen molar-refractivity contribution in [2.75, 3.05) is 0 Å². The quantitative estimate of drug-likeness (QED) is 0.647. The van der Waals surface area contributed by atoms with Crippen molar-refractivity contribution >= 4 is 11.5 Å². The molecule has 1 aromatic rings. The lowest BCUT2D eigenvalue weighted by atomic mass is 9.79. The largest absolute Gasteiger partial charge is 1.00 e. The Balaban J connectivity index is 0.00000144. The Morgan fingerprint density at radius 2 is 2.06 bits per heavy atom. The zero-order valence-corrected chi connectivity index (χ0v) is 10.7. The number of aromatic hydroxyl groups is 1. The first kappa shape index (κ1) is 13.7. The molecule has 17 heavy (non-hydrogen) atoms. The van der Waals surface area contributed by atoms with Crippen molar-refractivity contribution < 1.29 is 26.9 Å².